The monoisotopic (exact) mass is 666 g/mol. The van der Waals surface area contributed by atoms with E-state index >= 15 is 0 Å². The quantitative estimate of drug-likeness (QED) is 0.256. The third-order valence-electron chi connectivity index (χ3n) is 3.55. The molecule has 0 aliphatic carbocycles. The van der Waals surface area contributed by atoms with Crippen molar-refractivity contribution in [2.24, 2.45) is 0 Å². The van der Waals surface area contributed by atoms with E-state index in [1.807, 2.05) is 0 Å². The van der Waals surface area contributed by atoms with E-state index in [0.717, 1.165) is 26.4 Å². The Balaban J connectivity index is -0.000000205. The van der Waals surface area contributed by atoms with Crippen LogP contribution >= 0.6 is 11.1 Å². The van der Waals surface area contributed by atoms with Crippen LogP contribution < -0.4 is 17.5 Å². The van der Waals surface area contributed by atoms with Crippen LogP contribution in [0, 0.1) is 0 Å². The minimum Gasteiger partial charge on any atom is -1.00 e. The topological polar surface area (TPSA) is 79.4 Å². The largest absolute Gasteiger partial charge is 1.00 e. The number of carboxylic acid groups (broad SMARTS) is 1. The number of carboxylic acids is 1. The predicted octanol–water partition coefficient (Wildman–Crippen LogP) is 1.65. The van der Waals surface area contributed by atoms with Gasteiger partial charge < -0.3 is 46.3 Å². The fraction of sp³-hybridized carbons (Fsp3) is 0.727. The lowest BCUT2D eigenvalue weighted by atomic mass is 10.6. The highest BCUT2D eigenvalue weighted by Crippen LogP contribution is 2.19. The molecule has 18 heteroatoms. The second kappa shape index (κ2) is 20.2. The van der Waals surface area contributed by atoms with Gasteiger partial charge in [0.2, 0.25) is 8.32 Å². The Morgan fingerprint density at radius 1 is 0.800 bits per heavy atom. The van der Waals surface area contributed by atoms with Gasteiger partial charge in [-0.2, -0.15) is 37.4 Å². The number of rotatable bonds is 3. The Labute approximate surface area is 246 Å². The third-order valence-corrected chi connectivity index (χ3v) is 4.35. The SMILES string of the molecule is CCN1C=CN(C)C1.CCN1C=CN(C)C1.C[Si](C)(C)Cl.C[Si](C)(C)OC(=O)C(F)(F)F.O=C([O-])C(F)(F)F.[Cl-]. The number of aliphatic carboxylic acids is 1. The molecule has 40 heavy (non-hydrogen) atoms. The van der Waals surface area contributed by atoms with E-state index in [2.05, 4.69) is 96.4 Å². The van der Waals surface area contributed by atoms with Crippen LogP contribution in [0.5, 0.6) is 0 Å². The molecular formula is C22H42Cl2F6N4O4Si2-2. The Morgan fingerprint density at radius 2 is 1.07 bits per heavy atom. The number of carbonyl (C=O) groups excluding carboxylic acids is 2. The lowest BCUT2D eigenvalue weighted by molar-refractivity contribution is -0.344. The molecule has 0 unspecified atom stereocenters. The van der Waals surface area contributed by atoms with Crippen molar-refractivity contribution in [1.82, 2.24) is 19.6 Å². The molecule has 2 aliphatic heterocycles. The molecule has 0 spiro atoms. The summed E-state index contributed by atoms with van der Waals surface area (Å²) in [6.07, 6.45) is -1.66. The second-order valence-corrected chi connectivity index (χ2v) is 22.0. The molecule has 0 aromatic heterocycles. The van der Waals surface area contributed by atoms with Crippen LogP contribution in [0.25, 0.3) is 0 Å². The smallest absolute Gasteiger partial charge is 0.489 e. The lowest BCUT2D eigenvalue weighted by Gasteiger charge is -2.17. The van der Waals surface area contributed by atoms with Gasteiger partial charge in [0.25, 0.3) is 0 Å². The van der Waals surface area contributed by atoms with Crippen molar-refractivity contribution in [2.75, 3.05) is 40.5 Å². The Kier molecular flexibility index (Phi) is 22.8. The molecule has 0 saturated heterocycles. The zero-order valence-corrected chi connectivity index (χ0v) is 28.1. The van der Waals surface area contributed by atoms with Crippen molar-refractivity contribution in [3.05, 3.63) is 24.8 Å². The summed E-state index contributed by atoms with van der Waals surface area (Å²) in [5.74, 6) is -5.09. The maximum absolute atomic E-state index is 11.5. The summed E-state index contributed by atoms with van der Waals surface area (Å²) in [7, 11) is 0.613. The Morgan fingerprint density at radius 3 is 1.15 bits per heavy atom. The first-order chi connectivity index (χ1) is 17.2. The average Bonchev–Trinajstić information content (AvgIpc) is 3.33. The van der Waals surface area contributed by atoms with E-state index in [4.69, 9.17) is 21.0 Å². The van der Waals surface area contributed by atoms with Crippen molar-refractivity contribution in [2.45, 2.75) is 65.5 Å². The van der Waals surface area contributed by atoms with Gasteiger partial charge in [0, 0.05) is 52.0 Å². The summed E-state index contributed by atoms with van der Waals surface area (Å²) in [5, 5.41) is 8.78. The number of alkyl halides is 6. The van der Waals surface area contributed by atoms with Gasteiger partial charge in [-0.05, 0) is 33.5 Å². The van der Waals surface area contributed by atoms with Crippen LogP contribution in [0.1, 0.15) is 13.8 Å². The van der Waals surface area contributed by atoms with Crippen LogP contribution in [0.15, 0.2) is 24.8 Å². The van der Waals surface area contributed by atoms with Crippen molar-refractivity contribution < 1.29 is 57.9 Å². The molecular weight excluding hydrogens is 625 g/mol. The van der Waals surface area contributed by atoms with Gasteiger partial charge in [-0.3, -0.25) is 0 Å². The molecule has 240 valence electrons. The molecule has 2 heterocycles. The lowest BCUT2D eigenvalue weighted by Crippen LogP contribution is -3.00. The van der Waals surface area contributed by atoms with E-state index in [1.165, 1.54) is 19.6 Å². The minimum atomic E-state index is -5.19. The van der Waals surface area contributed by atoms with Crippen molar-refractivity contribution in [1.29, 1.82) is 0 Å². The molecule has 0 bridgehead atoms. The van der Waals surface area contributed by atoms with Gasteiger partial charge >= 0.3 is 18.3 Å². The van der Waals surface area contributed by atoms with Crippen molar-refractivity contribution >= 4 is 38.7 Å². The average molecular weight is 668 g/mol. The molecule has 0 saturated carbocycles. The maximum Gasteiger partial charge on any atom is 0.489 e. The van der Waals surface area contributed by atoms with Gasteiger partial charge in [0.1, 0.15) is 13.4 Å². The zero-order valence-electron chi connectivity index (χ0n) is 24.6. The minimum absolute atomic E-state index is 0. The molecule has 2 rings (SSSR count). The number of hydrogen-bond acceptors (Lipinski definition) is 8. The fourth-order valence-electron chi connectivity index (χ4n) is 1.92. The first-order valence-electron chi connectivity index (χ1n) is 11.7. The van der Waals surface area contributed by atoms with E-state index in [9.17, 15) is 31.1 Å². The van der Waals surface area contributed by atoms with Crippen LogP contribution in [0.3, 0.4) is 0 Å². The van der Waals surface area contributed by atoms with Gasteiger partial charge in [-0.1, -0.05) is 19.6 Å². The number of halogens is 8. The van der Waals surface area contributed by atoms with Crippen LogP contribution in [0.4, 0.5) is 26.3 Å². The molecule has 2 aliphatic rings. The molecule has 0 aromatic rings. The van der Waals surface area contributed by atoms with Crippen LogP contribution in [0.2, 0.25) is 39.3 Å². The maximum atomic E-state index is 11.5. The zero-order chi connectivity index (χ0) is 31.8. The first kappa shape index (κ1) is 45.2. The van der Waals surface area contributed by atoms with E-state index < -0.39 is 40.0 Å². The van der Waals surface area contributed by atoms with Crippen LogP contribution in [-0.2, 0) is 14.0 Å². The highest BCUT2D eigenvalue weighted by Gasteiger charge is 2.43. The molecule has 0 aromatic carbocycles. The highest BCUT2D eigenvalue weighted by molar-refractivity contribution is 7.18. The summed E-state index contributed by atoms with van der Waals surface area (Å²) in [6.45, 7) is 19.4. The standard InChI is InChI=1S/2C6H12N2.C5H9F3O2Si.C3H9ClSi.C2HF3O2.ClH/c2*1-3-8-5-4-7(2)6-8;1-11(2,3)10-4(9)5(6,7)8;1-5(2,3)4;3-2(4,5)1(6)7;/h2*4-5H,3,6H2,1-2H3;1-3H3;1-3H3;(H,6,7);1H/p-2. The van der Waals surface area contributed by atoms with Gasteiger partial charge in [-0.15, -0.1) is 0 Å². The summed E-state index contributed by atoms with van der Waals surface area (Å²) < 4.78 is 70.3. The third kappa shape index (κ3) is 32.4. The second-order valence-electron chi connectivity index (χ2n) is 10.1. The van der Waals surface area contributed by atoms with E-state index in [1.54, 1.807) is 0 Å². The van der Waals surface area contributed by atoms with Crippen LogP contribution in [-0.4, -0.2) is 100 Å². The summed E-state index contributed by atoms with van der Waals surface area (Å²) in [6, 6.07) is 0. The molecule has 0 fully saturated rings. The number of carbonyl (C=O) groups is 2. The highest BCUT2D eigenvalue weighted by atomic mass is 35.6. The van der Waals surface area contributed by atoms with E-state index in [0.29, 0.717) is 0 Å². The van der Waals surface area contributed by atoms with Crippen molar-refractivity contribution in [3.63, 3.8) is 0 Å². The number of nitrogens with zero attached hydrogens (tertiary/aromatic N) is 4. The van der Waals surface area contributed by atoms with Gasteiger partial charge in [0.15, 0.2) is 0 Å². The number of hydrogen-bond donors (Lipinski definition) is 0. The summed E-state index contributed by atoms with van der Waals surface area (Å²) >= 11 is 5.67. The molecule has 0 N–H and O–H groups in total. The van der Waals surface area contributed by atoms with Gasteiger partial charge in [-0.25, -0.2) is 4.79 Å². The predicted molar refractivity (Wildman–Crippen MR) is 144 cm³/mol. The molecule has 0 amide bonds. The van der Waals surface area contributed by atoms with Gasteiger partial charge in [0.05, 0.1) is 13.3 Å². The van der Waals surface area contributed by atoms with E-state index in [-0.39, 0.29) is 12.4 Å². The molecule has 0 radical (unpaired) electrons. The fourth-order valence-corrected chi connectivity index (χ4v) is 2.60. The molecule has 8 nitrogen and oxygen atoms in total. The Bertz CT molecular complexity index is 746. The summed E-state index contributed by atoms with van der Waals surface area (Å²) in [5.41, 5.74) is 0. The Hall–Kier alpha value is -1.79. The molecule has 0 atom stereocenters. The first-order valence-corrected chi connectivity index (χ1v) is 19.7. The normalized spacial score (nSPS) is 14.3. The van der Waals surface area contributed by atoms with Crippen molar-refractivity contribution in [3.8, 4) is 0 Å². The summed E-state index contributed by atoms with van der Waals surface area (Å²) in [4.78, 5) is 27.8.